The maximum atomic E-state index is 6.05. The summed E-state index contributed by atoms with van der Waals surface area (Å²) >= 11 is 9.64. The molecule has 1 unspecified atom stereocenters. The van der Waals surface area contributed by atoms with Gasteiger partial charge in [-0.15, -0.1) is 0 Å². The second-order valence-electron chi connectivity index (χ2n) is 4.99. The summed E-state index contributed by atoms with van der Waals surface area (Å²) in [5, 5.41) is 0.734. The molecule has 1 atom stereocenters. The first-order valence-electron chi connectivity index (χ1n) is 6.70. The molecule has 0 saturated heterocycles. The van der Waals surface area contributed by atoms with E-state index >= 15 is 0 Å². The first-order valence-corrected chi connectivity index (χ1v) is 7.87. The Morgan fingerprint density at radius 3 is 2.80 bits per heavy atom. The zero-order valence-electron chi connectivity index (χ0n) is 11.0. The molecule has 4 heteroatoms. The number of halogens is 2. The number of para-hydroxylation sites is 1. The number of hydrogen-bond donors (Lipinski definition) is 1. The molecule has 0 aliphatic carbocycles. The molecule has 1 aliphatic rings. The van der Waals surface area contributed by atoms with Gasteiger partial charge in [-0.3, -0.25) is 0 Å². The molecule has 2 aromatic carbocycles. The Labute approximate surface area is 132 Å². The lowest BCUT2D eigenvalue weighted by atomic mass is 10.1. The molecule has 1 heterocycles. The molecule has 0 aromatic heterocycles. The van der Waals surface area contributed by atoms with Gasteiger partial charge in [0.25, 0.3) is 0 Å². The number of hydrogen-bond acceptors (Lipinski definition) is 2. The van der Waals surface area contributed by atoms with Gasteiger partial charge in [0.1, 0.15) is 0 Å². The van der Waals surface area contributed by atoms with Crippen molar-refractivity contribution < 1.29 is 0 Å². The van der Waals surface area contributed by atoms with Crippen molar-refractivity contribution in [3.63, 3.8) is 0 Å². The highest BCUT2D eigenvalue weighted by Gasteiger charge is 2.27. The standard InChI is InChI=1S/C16H16BrClN2/c17-14-9-12(18)5-6-13(14)16(10-19)20-8-7-11-3-1-2-4-15(11)20/h1-6,9,16H,7-8,10,19H2. The van der Waals surface area contributed by atoms with Crippen LogP contribution in [0.3, 0.4) is 0 Å². The Balaban J connectivity index is 1.99. The number of rotatable bonds is 3. The Morgan fingerprint density at radius 2 is 2.05 bits per heavy atom. The van der Waals surface area contributed by atoms with Gasteiger partial charge in [-0.05, 0) is 35.7 Å². The maximum Gasteiger partial charge on any atom is 0.0675 e. The van der Waals surface area contributed by atoms with E-state index in [0.717, 1.165) is 22.5 Å². The van der Waals surface area contributed by atoms with Gasteiger partial charge < -0.3 is 10.6 Å². The Morgan fingerprint density at radius 1 is 1.25 bits per heavy atom. The van der Waals surface area contributed by atoms with Crippen molar-refractivity contribution in [1.29, 1.82) is 0 Å². The van der Waals surface area contributed by atoms with Gasteiger partial charge in [0.15, 0.2) is 0 Å². The predicted molar refractivity (Wildman–Crippen MR) is 88.4 cm³/mol. The van der Waals surface area contributed by atoms with Crippen molar-refractivity contribution in [1.82, 2.24) is 0 Å². The van der Waals surface area contributed by atoms with Crippen molar-refractivity contribution in [2.75, 3.05) is 18.0 Å². The second kappa shape index (κ2) is 5.76. The third-order valence-electron chi connectivity index (χ3n) is 3.84. The zero-order valence-corrected chi connectivity index (χ0v) is 13.4. The number of nitrogens with two attached hydrogens (primary N) is 1. The minimum Gasteiger partial charge on any atom is -0.363 e. The average Bonchev–Trinajstić information content (AvgIpc) is 2.86. The number of anilines is 1. The smallest absolute Gasteiger partial charge is 0.0675 e. The van der Waals surface area contributed by atoms with Crippen LogP contribution >= 0.6 is 27.5 Å². The van der Waals surface area contributed by atoms with Crippen molar-refractivity contribution >= 4 is 33.2 Å². The summed E-state index contributed by atoms with van der Waals surface area (Å²) in [7, 11) is 0. The number of benzene rings is 2. The predicted octanol–water partition coefficient (Wildman–Crippen LogP) is 4.17. The SMILES string of the molecule is NCC(c1ccc(Cl)cc1Br)N1CCc2ccccc21. The van der Waals surface area contributed by atoms with E-state index in [9.17, 15) is 0 Å². The second-order valence-corrected chi connectivity index (χ2v) is 6.28. The first kappa shape index (κ1) is 13.9. The normalized spacial score (nSPS) is 15.2. The van der Waals surface area contributed by atoms with Crippen LogP contribution < -0.4 is 10.6 Å². The minimum absolute atomic E-state index is 0.172. The highest BCUT2D eigenvalue weighted by Crippen LogP contribution is 2.37. The third kappa shape index (κ3) is 2.46. The van der Waals surface area contributed by atoms with Crippen molar-refractivity contribution in [2.24, 2.45) is 5.73 Å². The lowest BCUT2D eigenvalue weighted by Crippen LogP contribution is -2.32. The van der Waals surface area contributed by atoms with Crippen LogP contribution in [0.15, 0.2) is 46.9 Å². The highest BCUT2D eigenvalue weighted by molar-refractivity contribution is 9.10. The Hall–Kier alpha value is -1.03. The molecule has 0 fully saturated rings. The number of fused-ring (bicyclic) bond motifs is 1. The zero-order chi connectivity index (χ0) is 14.1. The molecule has 0 saturated carbocycles. The van der Waals surface area contributed by atoms with E-state index in [1.807, 2.05) is 12.1 Å². The van der Waals surface area contributed by atoms with Gasteiger partial charge in [0.05, 0.1) is 6.04 Å². The van der Waals surface area contributed by atoms with Crippen LogP contribution in [0.25, 0.3) is 0 Å². The summed E-state index contributed by atoms with van der Waals surface area (Å²) in [5.41, 5.74) is 9.94. The summed E-state index contributed by atoms with van der Waals surface area (Å²) in [6.07, 6.45) is 1.08. The van der Waals surface area contributed by atoms with Crippen molar-refractivity contribution in [2.45, 2.75) is 12.5 Å². The third-order valence-corrected chi connectivity index (χ3v) is 4.77. The van der Waals surface area contributed by atoms with Crippen LogP contribution in [0.2, 0.25) is 5.02 Å². The summed E-state index contributed by atoms with van der Waals surface area (Å²) in [4.78, 5) is 2.39. The lowest BCUT2D eigenvalue weighted by molar-refractivity contribution is 0.647. The summed E-state index contributed by atoms with van der Waals surface area (Å²) < 4.78 is 1.02. The van der Waals surface area contributed by atoms with E-state index in [2.05, 4.69) is 51.2 Å². The molecule has 0 radical (unpaired) electrons. The lowest BCUT2D eigenvalue weighted by Gasteiger charge is -2.30. The summed E-state index contributed by atoms with van der Waals surface area (Å²) in [6.45, 7) is 1.59. The maximum absolute atomic E-state index is 6.05. The van der Waals surface area contributed by atoms with Crippen LogP contribution in [-0.2, 0) is 6.42 Å². The molecule has 2 nitrogen and oxygen atoms in total. The monoisotopic (exact) mass is 350 g/mol. The summed E-state index contributed by atoms with van der Waals surface area (Å²) in [6, 6.07) is 14.6. The number of nitrogens with zero attached hydrogens (tertiary/aromatic N) is 1. The molecular formula is C16H16BrClN2. The van der Waals surface area contributed by atoms with Gasteiger partial charge in [-0.25, -0.2) is 0 Å². The molecule has 2 aromatic rings. The topological polar surface area (TPSA) is 29.3 Å². The van der Waals surface area contributed by atoms with E-state index in [4.69, 9.17) is 17.3 Å². The van der Waals surface area contributed by atoms with Crippen LogP contribution in [0.4, 0.5) is 5.69 Å². The fourth-order valence-corrected chi connectivity index (χ4v) is 3.83. The van der Waals surface area contributed by atoms with E-state index in [0.29, 0.717) is 6.54 Å². The van der Waals surface area contributed by atoms with E-state index in [-0.39, 0.29) is 6.04 Å². The average molecular weight is 352 g/mol. The Kier molecular flexibility index (Phi) is 4.01. The van der Waals surface area contributed by atoms with Crippen LogP contribution in [-0.4, -0.2) is 13.1 Å². The van der Waals surface area contributed by atoms with Gasteiger partial charge in [-0.1, -0.05) is 51.8 Å². The minimum atomic E-state index is 0.172. The fourth-order valence-electron chi connectivity index (χ4n) is 2.88. The van der Waals surface area contributed by atoms with Crippen LogP contribution in [0.5, 0.6) is 0 Å². The molecule has 20 heavy (non-hydrogen) atoms. The largest absolute Gasteiger partial charge is 0.363 e. The highest BCUT2D eigenvalue weighted by atomic mass is 79.9. The van der Waals surface area contributed by atoms with Crippen LogP contribution in [0.1, 0.15) is 17.2 Å². The molecule has 2 N–H and O–H groups in total. The molecule has 1 aliphatic heterocycles. The quantitative estimate of drug-likeness (QED) is 0.899. The van der Waals surface area contributed by atoms with Crippen molar-refractivity contribution in [3.8, 4) is 0 Å². The van der Waals surface area contributed by atoms with E-state index in [1.165, 1.54) is 16.8 Å². The van der Waals surface area contributed by atoms with Crippen molar-refractivity contribution in [3.05, 3.63) is 63.1 Å². The van der Waals surface area contributed by atoms with Gasteiger partial charge in [0.2, 0.25) is 0 Å². The molecule has 0 bridgehead atoms. The van der Waals surface area contributed by atoms with Gasteiger partial charge >= 0.3 is 0 Å². The fraction of sp³-hybridized carbons (Fsp3) is 0.250. The first-order chi connectivity index (χ1) is 9.70. The Bertz CT molecular complexity index is 630. The molecule has 3 rings (SSSR count). The molecule has 0 spiro atoms. The van der Waals surface area contributed by atoms with Gasteiger partial charge in [-0.2, -0.15) is 0 Å². The molecular weight excluding hydrogens is 336 g/mol. The summed E-state index contributed by atoms with van der Waals surface area (Å²) in [5.74, 6) is 0. The molecule has 0 amide bonds. The van der Waals surface area contributed by atoms with Gasteiger partial charge in [0, 0.05) is 28.3 Å². The van der Waals surface area contributed by atoms with E-state index in [1.54, 1.807) is 0 Å². The van der Waals surface area contributed by atoms with E-state index < -0.39 is 0 Å². The van der Waals surface area contributed by atoms with Crippen LogP contribution in [0, 0.1) is 0 Å². The molecule has 104 valence electrons.